The number of likely N-dealkylation sites (tertiary alicyclic amines) is 1. The minimum absolute atomic E-state index is 0.0124. The van der Waals surface area contributed by atoms with E-state index in [4.69, 9.17) is 27.9 Å². The van der Waals surface area contributed by atoms with Gasteiger partial charge in [0.2, 0.25) is 5.91 Å². The second-order valence-electron chi connectivity index (χ2n) is 7.45. The van der Waals surface area contributed by atoms with E-state index in [-0.39, 0.29) is 12.5 Å². The largest absolute Gasteiger partial charge is 0.491 e. The van der Waals surface area contributed by atoms with Crippen LogP contribution in [0.5, 0.6) is 5.75 Å². The van der Waals surface area contributed by atoms with E-state index < -0.39 is 5.60 Å². The van der Waals surface area contributed by atoms with Gasteiger partial charge in [-0.1, -0.05) is 53.5 Å². The molecule has 0 aromatic heterocycles. The molecule has 1 heterocycles. The summed E-state index contributed by atoms with van der Waals surface area (Å²) >= 11 is 11.9. The predicted molar refractivity (Wildman–Crippen MR) is 116 cm³/mol. The highest BCUT2D eigenvalue weighted by molar-refractivity contribution is 6.42. The maximum Gasteiger partial charge on any atom is 0.234 e. The zero-order valence-corrected chi connectivity index (χ0v) is 17.8. The second kappa shape index (κ2) is 10.3. The summed E-state index contributed by atoms with van der Waals surface area (Å²) in [6.45, 7) is 2.44. The van der Waals surface area contributed by atoms with Crippen LogP contribution in [0.2, 0.25) is 10.0 Å². The number of hydrogen-bond donors (Lipinski definition) is 2. The fourth-order valence-electron chi connectivity index (χ4n) is 3.31. The van der Waals surface area contributed by atoms with Gasteiger partial charge < -0.3 is 15.2 Å². The molecule has 29 heavy (non-hydrogen) atoms. The van der Waals surface area contributed by atoms with E-state index in [1.165, 1.54) is 5.56 Å². The Balaban J connectivity index is 1.36. The van der Waals surface area contributed by atoms with Crippen molar-refractivity contribution in [2.45, 2.75) is 24.9 Å². The predicted octanol–water partition coefficient (Wildman–Crippen LogP) is 3.56. The van der Waals surface area contributed by atoms with Crippen molar-refractivity contribution in [3.63, 3.8) is 0 Å². The van der Waals surface area contributed by atoms with Crippen LogP contribution in [0.15, 0.2) is 48.5 Å². The molecule has 0 aliphatic carbocycles. The molecule has 0 saturated carbocycles. The Morgan fingerprint density at radius 1 is 1.10 bits per heavy atom. The van der Waals surface area contributed by atoms with Crippen molar-refractivity contribution in [1.29, 1.82) is 0 Å². The lowest BCUT2D eigenvalue weighted by Crippen LogP contribution is -2.50. The van der Waals surface area contributed by atoms with Gasteiger partial charge >= 0.3 is 0 Å². The summed E-state index contributed by atoms with van der Waals surface area (Å²) in [4.78, 5) is 14.2. The van der Waals surface area contributed by atoms with Crippen molar-refractivity contribution in [3.8, 4) is 5.75 Å². The molecule has 2 aromatic carbocycles. The molecular weight excluding hydrogens is 411 g/mol. The molecule has 0 radical (unpaired) electrons. The first-order chi connectivity index (χ1) is 13.9. The van der Waals surface area contributed by atoms with Crippen LogP contribution in [0.3, 0.4) is 0 Å². The smallest absolute Gasteiger partial charge is 0.234 e. The third-order valence-electron chi connectivity index (χ3n) is 5.13. The minimum atomic E-state index is -0.910. The molecule has 1 amide bonds. The molecule has 3 rings (SSSR count). The average molecular weight is 437 g/mol. The van der Waals surface area contributed by atoms with E-state index >= 15 is 0 Å². The topological polar surface area (TPSA) is 61.8 Å². The highest BCUT2D eigenvalue weighted by atomic mass is 35.5. The molecule has 1 aliphatic heterocycles. The van der Waals surface area contributed by atoms with Crippen LogP contribution in [-0.4, -0.2) is 54.3 Å². The van der Waals surface area contributed by atoms with Crippen LogP contribution >= 0.6 is 23.2 Å². The molecule has 0 unspecified atom stereocenters. The van der Waals surface area contributed by atoms with Crippen molar-refractivity contribution in [2.75, 3.05) is 32.8 Å². The first kappa shape index (κ1) is 21.9. The van der Waals surface area contributed by atoms with Crippen molar-refractivity contribution in [1.82, 2.24) is 10.2 Å². The van der Waals surface area contributed by atoms with Gasteiger partial charge in [-0.3, -0.25) is 9.69 Å². The third-order valence-corrected chi connectivity index (χ3v) is 5.87. The van der Waals surface area contributed by atoms with Crippen molar-refractivity contribution < 1.29 is 14.6 Å². The molecule has 2 aromatic rings. The van der Waals surface area contributed by atoms with Crippen LogP contribution in [-0.2, 0) is 11.2 Å². The molecule has 2 N–H and O–H groups in total. The molecule has 5 nitrogen and oxygen atoms in total. The lowest BCUT2D eigenvalue weighted by atomic mass is 9.92. The quantitative estimate of drug-likeness (QED) is 0.663. The molecule has 1 saturated heterocycles. The van der Waals surface area contributed by atoms with Gasteiger partial charge in [0.05, 0.1) is 16.6 Å². The van der Waals surface area contributed by atoms with Gasteiger partial charge in [0.15, 0.2) is 0 Å². The number of nitrogens with one attached hydrogen (secondary N) is 1. The Morgan fingerprint density at radius 2 is 1.83 bits per heavy atom. The first-order valence-electron chi connectivity index (χ1n) is 9.77. The standard InChI is InChI=1S/C22H26Cl2N2O3/c23-19-7-6-18(14-20(19)24)29-16-22(28)9-12-26(13-10-22)15-21(27)25-11-8-17-4-2-1-3-5-17/h1-7,14,28H,8-13,15-16H2,(H,25,27). The minimum Gasteiger partial charge on any atom is -0.491 e. The molecule has 1 aliphatic rings. The van der Waals surface area contributed by atoms with Gasteiger partial charge in [0.1, 0.15) is 18.0 Å². The zero-order chi connectivity index (χ0) is 20.7. The number of carbonyl (C=O) groups excluding carboxylic acids is 1. The molecule has 0 spiro atoms. The van der Waals surface area contributed by atoms with Gasteiger partial charge in [-0.25, -0.2) is 0 Å². The van der Waals surface area contributed by atoms with E-state index in [1.54, 1.807) is 18.2 Å². The van der Waals surface area contributed by atoms with Gasteiger partial charge in [-0.2, -0.15) is 0 Å². The Hall–Kier alpha value is -1.79. The Bertz CT molecular complexity index is 809. The number of hydrogen-bond acceptors (Lipinski definition) is 4. The van der Waals surface area contributed by atoms with E-state index in [0.29, 0.717) is 54.8 Å². The Kier molecular flexibility index (Phi) is 7.78. The number of carbonyl (C=O) groups is 1. The average Bonchev–Trinajstić information content (AvgIpc) is 2.72. The fraction of sp³-hybridized carbons (Fsp3) is 0.409. The van der Waals surface area contributed by atoms with Crippen LogP contribution in [0.4, 0.5) is 0 Å². The number of halogens is 2. The van der Waals surface area contributed by atoms with Gasteiger partial charge in [-0.15, -0.1) is 0 Å². The molecular formula is C22H26Cl2N2O3. The van der Waals surface area contributed by atoms with Gasteiger partial charge in [-0.05, 0) is 37.0 Å². The molecule has 7 heteroatoms. The van der Waals surface area contributed by atoms with Gasteiger partial charge in [0.25, 0.3) is 0 Å². The molecule has 0 bridgehead atoms. The summed E-state index contributed by atoms with van der Waals surface area (Å²) in [6.07, 6.45) is 1.91. The van der Waals surface area contributed by atoms with Crippen LogP contribution in [0.1, 0.15) is 18.4 Å². The van der Waals surface area contributed by atoms with Gasteiger partial charge in [0, 0.05) is 25.7 Å². The van der Waals surface area contributed by atoms with Crippen LogP contribution in [0, 0.1) is 0 Å². The number of aliphatic hydroxyl groups is 1. The lowest BCUT2D eigenvalue weighted by molar-refractivity contribution is -0.123. The number of nitrogens with zero attached hydrogens (tertiary/aromatic N) is 1. The van der Waals surface area contributed by atoms with Crippen LogP contribution < -0.4 is 10.1 Å². The third kappa shape index (κ3) is 6.89. The molecule has 156 valence electrons. The summed E-state index contributed by atoms with van der Waals surface area (Å²) < 4.78 is 5.70. The summed E-state index contributed by atoms with van der Waals surface area (Å²) in [5.41, 5.74) is 0.296. The number of benzene rings is 2. The SMILES string of the molecule is O=C(CN1CCC(O)(COc2ccc(Cl)c(Cl)c2)CC1)NCCc1ccccc1. The van der Waals surface area contributed by atoms with E-state index in [0.717, 1.165) is 6.42 Å². The Morgan fingerprint density at radius 3 is 2.52 bits per heavy atom. The van der Waals surface area contributed by atoms with Crippen LogP contribution in [0.25, 0.3) is 0 Å². The van der Waals surface area contributed by atoms with Crippen molar-refractivity contribution in [2.24, 2.45) is 0 Å². The maximum atomic E-state index is 12.2. The first-order valence-corrected chi connectivity index (χ1v) is 10.5. The number of ether oxygens (including phenoxy) is 1. The summed E-state index contributed by atoms with van der Waals surface area (Å²) in [6, 6.07) is 15.1. The van der Waals surface area contributed by atoms with Crippen molar-refractivity contribution in [3.05, 3.63) is 64.1 Å². The molecule has 0 atom stereocenters. The summed E-state index contributed by atoms with van der Waals surface area (Å²) in [5.74, 6) is 0.589. The number of piperidine rings is 1. The Labute approximate surface area is 181 Å². The highest BCUT2D eigenvalue weighted by Gasteiger charge is 2.33. The van der Waals surface area contributed by atoms with E-state index in [1.807, 2.05) is 18.2 Å². The molecule has 1 fully saturated rings. The van der Waals surface area contributed by atoms with E-state index in [9.17, 15) is 9.90 Å². The number of amides is 1. The van der Waals surface area contributed by atoms with Crippen molar-refractivity contribution >= 4 is 29.1 Å². The maximum absolute atomic E-state index is 12.2. The zero-order valence-electron chi connectivity index (χ0n) is 16.2. The normalized spacial score (nSPS) is 16.4. The fourth-order valence-corrected chi connectivity index (χ4v) is 3.59. The number of rotatable bonds is 8. The summed E-state index contributed by atoms with van der Waals surface area (Å²) in [5, 5.41) is 14.6. The second-order valence-corrected chi connectivity index (χ2v) is 8.27. The highest BCUT2D eigenvalue weighted by Crippen LogP contribution is 2.28. The van der Waals surface area contributed by atoms with E-state index in [2.05, 4.69) is 22.3 Å². The summed E-state index contributed by atoms with van der Waals surface area (Å²) in [7, 11) is 0. The monoisotopic (exact) mass is 436 g/mol. The lowest BCUT2D eigenvalue weighted by Gasteiger charge is -2.37.